The molecule has 1 aliphatic heterocycles. The zero-order valence-electron chi connectivity index (χ0n) is 24.6. The predicted octanol–water partition coefficient (Wildman–Crippen LogP) is 7.83. The van der Waals surface area contributed by atoms with E-state index in [2.05, 4.69) is 0 Å². The van der Waals surface area contributed by atoms with Crippen molar-refractivity contribution in [2.75, 3.05) is 32.3 Å². The average Bonchev–Trinajstić information content (AvgIpc) is 2.92. The van der Waals surface area contributed by atoms with E-state index >= 15 is 0 Å². The molecule has 2 aromatic carbocycles. The van der Waals surface area contributed by atoms with Crippen LogP contribution in [0.3, 0.4) is 0 Å². The van der Waals surface area contributed by atoms with Crippen LogP contribution < -0.4 is 14.4 Å². The Morgan fingerprint density at radius 3 is 1.98 bits per heavy atom. The zero-order valence-corrected chi connectivity index (χ0v) is 24.6. The Hall–Kier alpha value is -3.84. The maximum absolute atomic E-state index is 13.6. The van der Waals surface area contributed by atoms with E-state index in [1.807, 2.05) is 0 Å². The molecule has 0 unspecified atom stereocenters. The number of fused-ring (bicyclic) bond motifs is 1. The number of carbonyl (C=O) groups excluding carboxylic acids is 2. The van der Waals surface area contributed by atoms with Crippen molar-refractivity contribution in [2.24, 2.45) is 5.92 Å². The van der Waals surface area contributed by atoms with Crippen LogP contribution >= 0.6 is 0 Å². The van der Waals surface area contributed by atoms with Gasteiger partial charge in [0.1, 0.15) is 0 Å². The smallest absolute Gasteiger partial charge is 0.416 e. The Morgan fingerprint density at radius 2 is 1.49 bits per heavy atom. The van der Waals surface area contributed by atoms with Crippen molar-refractivity contribution in [1.82, 2.24) is 4.90 Å². The van der Waals surface area contributed by atoms with Crippen LogP contribution in [0, 0.1) is 5.92 Å². The first-order valence-electron chi connectivity index (χ1n) is 13.4. The molecule has 0 bridgehead atoms. The van der Waals surface area contributed by atoms with E-state index in [1.165, 1.54) is 31.3 Å². The lowest BCUT2D eigenvalue weighted by Crippen LogP contribution is -2.48. The molecule has 0 aromatic heterocycles. The standard InChI is InChI=1S/C29H34F6N2O6/c1-7-42-27(39)37-17(4)8-22(21-12-24(40-5)25(41-6)13-23(21)37)36(26(38)43-15-16(2)3)14-18-9-19(28(30,31)32)11-20(10-18)29(33,34)35/h9-13,16-17,22H,7-8,14-15H2,1-6H3/t17-,22+/m0/s1. The highest BCUT2D eigenvalue weighted by molar-refractivity contribution is 5.91. The van der Waals surface area contributed by atoms with Crippen LogP contribution in [0.1, 0.15) is 62.4 Å². The van der Waals surface area contributed by atoms with E-state index in [0.717, 1.165) is 4.90 Å². The van der Waals surface area contributed by atoms with Gasteiger partial charge in [-0.05, 0) is 56.0 Å². The van der Waals surface area contributed by atoms with Gasteiger partial charge < -0.3 is 18.9 Å². The van der Waals surface area contributed by atoms with Crippen molar-refractivity contribution in [2.45, 2.75) is 65.1 Å². The van der Waals surface area contributed by atoms with Crippen LogP contribution in [0.4, 0.5) is 41.6 Å². The monoisotopic (exact) mass is 620 g/mol. The van der Waals surface area contributed by atoms with Gasteiger partial charge in [-0.3, -0.25) is 9.80 Å². The molecule has 14 heteroatoms. The summed E-state index contributed by atoms with van der Waals surface area (Å²) in [6.45, 7) is 6.20. The van der Waals surface area contributed by atoms with Crippen molar-refractivity contribution in [3.63, 3.8) is 0 Å². The SMILES string of the molecule is CCOC(=O)N1c2cc(OC)c(OC)cc2[C@H](N(Cc2cc(C(F)(F)F)cc(C(F)(F)F)c2)C(=O)OCC(C)C)C[C@@H]1C. The molecule has 0 saturated carbocycles. The number of rotatable bonds is 8. The van der Waals surface area contributed by atoms with Gasteiger partial charge >= 0.3 is 24.5 Å². The molecule has 1 aliphatic rings. The van der Waals surface area contributed by atoms with Gasteiger partial charge in [-0.2, -0.15) is 26.3 Å². The van der Waals surface area contributed by atoms with Crippen LogP contribution in [0.15, 0.2) is 30.3 Å². The fourth-order valence-electron chi connectivity index (χ4n) is 4.85. The Kier molecular flexibility index (Phi) is 10.3. The number of hydrogen-bond donors (Lipinski definition) is 0. The van der Waals surface area contributed by atoms with E-state index in [1.54, 1.807) is 27.7 Å². The molecular formula is C29H34F6N2O6. The predicted molar refractivity (Wildman–Crippen MR) is 144 cm³/mol. The molecule has 2 atom stereocenters. The second kappa shape index (κ2) is 13.2. The van der Waals surface area contributed by atoms with Crippen molar-refractivity contribution in [3.8, 4) is 11.5 Å². The first kappa shape index (κ1) is 33.7. The van der Waals surface area contributed by atoms with Gasteiger partial charge in [-0.15, -0.1) is 0 Å². The maximum atomic E-state index is 13.6. The fraction of sp³-hybridized carbons (Fsp3) is 0.517. The summed E-state index contributed by atoms with van der Waals surface area (Å²) in [5.41, 5.74) is -2.84. The molecule has 3 rings (SSSR count). The van der Waals surface area contributed by atoms with E-state index in [9.17, 15) is 35.9 Å². The molecule has 0 saturated heterocycles. The van der Waals surface area contributed by atoms with Crippen LogP contribution in [0.2, 0.25) is 0 Å². The molecule has 238 valence electrons. The first-order chi connectivity index (χ1) is 20.0. The summed E-state index contributed by atoms with van der Waals surface area (Å²) in [5.74, 6) is 0.348. The molecule has 0 radical (unpaired) electrons. The van der Waals surface area contributed by atoms with Crippen molar-refractivity contribution < 1.29 is 54.9 Å². The molecule has 2 amide bonds. The number of hydrogen-bond acceptors (Lipinski definition) is 6. The van der Waals surface area contributed by atoms with Crippen LogP contribution in [0.25, 0.3) is 0 Å². The summed E-state index contributed by atoms with van der Waals surface area (Å²) in [4.78, 5) is 28.9. The molecule has 0 fully saturated rings. The van der Waals surface area contributed by atoms with E-state index < -0.39 is 59.9 Å². The Balaban J connectivity index is 2.23. The minimum absolute atomic E-state index is 0.0251. The van der Waals surface area contributed by atoms with Gasteiger partial charge in [0.25, 0.3) is 0 Å². The number of amides is 2. The number of methoxy groups -OCH3 is 2. The lowest BCUT2D eigenvalue weighted by atomic mass is 9.90. The number of benzene rings is 2. The number of ether oxygens (including phenoxy) is 4. The summed E-state index contributed by atoms with van der Waals surface area (Å²) in [5, 5.41) is 0. The van der Waals surface area contributed by atoms with Gasteiger partial charge in [-0.25, -0.2) is 9.59 Å². The van der Waals surface area contributed by atoms with Gasteiger partial charge in [0.2, 0.25) is 0 Å². The van der Waals surface area contributed by atoms with Crippen molar-refractivity contribution in [3.05, 3.63) is 52.6 Å². The van der Waals surface area contributed by atoms with Gasteiger partial charge in [0, 0.05) is 24.2 Å². The molecule has 2 aromatic rings. The molecule has 43 heavy (non-hydrogen) atoms. The quantitative estimate of drug-likeness (QED) is 0.280. The van der Waals surface area contributed by atoms with Gasteiger partial charge in [0.05, 0.1) is 50.3 Å². The molecule has 8 nitrogen and oxygen atoms in total. The molecule has 0 N–H and O–H groups in total. The third-order valence-corrected chi connectivity index (χ3v) is 6.77. The Labute approximate surface area is 245 Å². The van der Waals surface area contributed by atoms with E-state index in [4.69, 9.17) is 18.9 Å². The lowest BCUT2D eigenvalue weighted by Gasteiger charge is -2.43. The second-order valence-electron chi connectivity index (χ2n) is 10.4. The highest BCUT2D eigenvalue weighted by atomic mass is 19.4. The number of carbonyl (C=O) groups is 2. The summed E-state index contributed by atoms with van der Waals surface area (Å²) in [7, 11) is 2.74. The number of nitrogens with zero attached hydrogens (tertiary/aromatic N) is 2. The molecule has 0 spiro atoms. The number of alkyl halides is 6. The molecule has 1 heterocycles. The molecular weight excluding hydrogens is 586 g/mol. The lowest BCUT2D eigenvalue weighted by molar-refractivity contribution is -0.143. The topological polar surface area (TPSA) is 77.5 Å². The van der Waals surface area contributed by atoms with Gasteiger partial charge in [-0.1, -0.05) is 13.8 Å². The van der Waals surface area contributed by atoms with Crippen molar-refractivity contribution >= 4 is 17.9 Å². The van der Waals surface area contributed by atoms with E-state index in [-0.39, 0.29) is 48.8 Å². The summed E-state index contributed by atoms with van der Waals surface area (Å²) < 4.78 is 103. The summed E-state index contributed by atoms with van der Waals surface area (Å²) in [6.07, 6.45) is -11.8. The second-order valence-corrected chi connectivity index (χ2v) is 10.4. The van der Waals surface area contributed by atoms with Crippen molar-refractivity contribution in [1.29, 1.82) is 0 Å². The summed E-state index contributed by atoms with van der Waals surface area (Å²) >= 11 is 0. The summed E-state index contributed by atoms with van der Waals surface area (Å²) in [6, 6.07) is 2.60. The highest BCUT2D eigenvalue weighted by Crippen LogP contribution is 2.47. The largest absolute Gasteiger partial charge is 0.493 e. The first-order valence-corrected chi connectivity index (χ1v) is 13.4. The normalized spacial score (nSPS) is 16.9. The minimum atomic E-state index is -5.07. The fourth-order valence-corrected chi connectivity index (χ4v) is 4.85. The van der Waals surface area contributed by atoms with Crippen LogP contribution in [-0.2, 0) is 28.4 Å². The Morgan fingerprint density at radius 1 is 0.930 bits per heavy atom. The number of anilines is 1. The third kappa shape index (κ3) is 7.77. The minimum Gasteiger partial charge on any atom is -0.493 e. The highest BCUT2D eigenvalue weighted by Gasteiger charge is 2.42. The maximum Gasteiger partial charge on any atom is 0.416 e. The number of halogens is 6. The van der Waals surface area contributed by atoms with Crippen LogP contribution in [0.5, 0.6) is 11.5 Å². The molecule has 0 aliphatic carbocycles. The van der Waals surface area contributed by atoms with Crippen LogP contribution in [-0.4, -0.2) is 50.6 Å². The van der Waals surface area contributed by atoms with E-state index in [0.29, 0.717) is 17.7 Å². The average molecular weight is 621 g/mol. The Bertz CT molecular complexity index is 1280. The van der Waals surface area contributed by atoms with Gasteiger partial charge in [0.15, 0.2) is 11.5 Å². The zero-order chi connectivity index (χ0) is 32.3. The third-order valence-electron chi connectivity index (χ3n) is 6.77.